The van der Waals surface area contributed by atoms with Crippen molar-refractivity contribution in [2.75, 3.05) is 0 Å². The third-order valence-corrected chi connectivity index (χ3v) is 7.00. The molecule has 3 aromatic rings. The fourth-order valence-electron chi connectivity index (χ4n) is 5.78. The van der Waals surface area contributed by atoms with Gasteiger partial charge in [0.2, 0.25) is 0 Å². The number of benzene rings is 2. The molecule has 2 aliphatic carbocycles. The number of nitrogens with zero attached hydrogens (tertiary/aromatic N) is 1. The van der Waals surface area contributed by atoms with Crippen molar-refractivity contribution in [1.82, 2.24) is 4.57 Å². The second-order valence-corrected chi connectivity index (χ2v) is 8.99. The zero-order valence-corrected chi connectivity index (χ0v) is 17.1. The van der Waals surface area contributed by atoms with Gasteiger partial charge in [-0.3, -0.25) is 0 Å². The van der Waals surface area contributed by atoms with Gasteiger partial charge in [-0.1, -0.05) is 42.5 Å². The van der Waals surface area contributed by atoms with Gasteiger partial charge in [0.05, 0.1) is 5.52 Å². The number of allylic oxidation sites excluding steroid dienone is 2. The van der Waals surface area contributed by atoms with Crippen molar-refractivity contribution in [3.8, 4) is 11.5 Å². The Morgan fingerprint density at radius 3 is 2.77 bits per heavy atom. The van der Waals surface area contributed by atoms with E-state index in [1.54, 1.807) is 0 Å². The van der Waals surface area contributed by atoms with Gasteiger partial charge in [-0.15, -0.1) is 0 Å². The fraction of sp³-hybridized carbons (Fsp3) is 0.259. The molecule has 0 fully saturated rings. The first-order chi connectivity index (χ1) is 14.7. The Labute approximate surface area is 175 Å². The van der Waals surface area contributed by atoms with Crippen molar-refractivity contribution >= 4 is 22.6 Å². The first-order valence-electron chi connectivity index (χ1n) is 10.9. The molecule has 0 N–H and O–H groups in total. The minimum absolute atomic E-state index is 0.0964. The summed E-state index contributed by atoms with van der Waals surface area (Å²) in [5.74, 6) is 2.38. The van der Waals surface area contributed by atoms with Gasteiger partial charge in [0.15, 0.2) is 0 Å². The van der Waals surface area contributed by atoms with Crippen molar-refractivity contribution in [3.63, 3.8) is 0 Å². The van der Waals surface area contributed by atoms with E-state index in [1.165, 1.54) is 38.9 Å². The van der Waals surface area contributed by atoms with E-state index >= 15 is 0 Å². The molecule has 0 spiro atoms. The molecule has 2 aliphatic heterocycles. The molecule has 3 nitrogen and oxygen atoms in total. The van der Waals surface area contributed by atoms with Crippen LogP contribution in [0.4, 0.5) is 0 Å². The van der Waals surface area contributed by atoms with E-state index in [-0.39, 0.29) is 12.2 Å². The molecule has 0 saturated heterocycles. The molecule has 3 unspecified atom stereocenters. The molecule has 1 aromatic heterocycles. The first-order valence-corrected chi connectivity index (χ1v) is 10.9. The second-order valence-electron chi connectivity index (χ2n) is 8.99. The van der Waals surface area contributed by atoms with Gasteiger partial charge < -0.3 is 14.0 Å². The van der Waals surface area contributed by atoms with Gasteiger partial charge in [0.25, 0.3) is 0 Å². The van der Waals surface area contributed by atoms with Crippen LogP contribution in [-0.2, 0) is 6.42 Å². The van der Waals surface area contributed by atoms with E-state index in [2.05, 4.69) is 85.2 Å². The molecule has 30 heavy (non-hydrogen) atoms. The Hall–Kier alpha value is -3.20. The van der Waals surface area contributed by atoms with Crippen molar-refractivity contribution in [3.05, 3.63) is 83.1 Å². The molecule has 148 valence electrons. The van der Waals surface area contributed by atoms with Gasteiger partial charge in [-0.05, 0) is 38.1 Å². The molecule has 0 amide bonds. The quantitative estimate of drug-likeness (QED) is 0.502. The van der Waals surface area contributed by atoms with Crippen LogP contribution in [0.3, 0.4) is 0 Å². The lowest BCUT2D eigenvalue weighted by molar-refractivity contribution is 0.270. The van der Waals surface area contributed by atoms with Gasteiger partial charge in [0.1, 0.15) is 23.7 Å². The van der Waals surface area contributed by atoms with Crippen LogP contribution in [0.2, 0.25) is 0 Å². The average Bonchev–Trinajstić information content (AvgIpc) is 3.40. The van der Waals surface area contributed by atoms with Crippen LogP contribution in [-0.4, -0.2) is 16.8 Å². The van der Waals surface area contributed by atoms with Crippen LogP contribution in [0.25, 0.3) is 22.6 Å². The summed E-state index contributed by atoms with van der Waals surface area (Å²) < 4.78 is 15.4. The predicted molar refractivity (Wildman–Crippen MR) is 120 cm³/mol. The fourth-order valence-corrected chi connectivity index (χ4v) is 5.78. The van der Waals surface area contributed by atoms with Crippen LogP contribution in [0.1, 0.15) is 48.2 Å². The molecule has 3 atom stereocenters. The van der Waals surface area contributed by atoms with Gasteiger partial charge >= 0.3 is 0 Å². The highest BCUT2D eigenvalue weighted by Crippen LogP contribution is 2.51. The molecular formula is C27H23NO2. The Kier molecular flexibility index (Phi) is 3.15. The highest BCUT2D eigenvalue weighted by atomic mass is 16.5. The van der Waals surface area contributed by atoms with Crippen LogP contribution in [0, 0.1) is 0 Å². The Balaban J connectivity index is 1.52. The van der Waals surface area contributed by atoms with E-state index in [9.17, 15) is 0 Å². The third-order valence-electron chi connectivity index (χ3n) is 7.00. The lowest BCUT2D eigenvalue weighted by Gasteiger charge is -2.22. The summed E-state index contributed by atoms with van der Waals surface area (Å²) in [5, 5.41) is 1.27. The van der Waals surface area contributed by atoms with E-state index in [1.807, 2.05) is 0 Å². The van der Waals surface area contributed by atoms with E-state index in [4.69, 9.17) is 9.47 Å². The molecule has 3 heteroatoms. The third kappa shape index (κ3) is 2.00. The van der Waals surface area contributed by atoms with Crippen LogP contribution in [0.5, 0.6) is 11.5 Å². The van der Waals surface area contributed by atoms with Crippen LogP contribution in [0.15, 0.2) is 60.7 Å². The summed E-state index contributed by atoms with van der Waals surface area (Å²) in [7, 11) is 0. The maximum Gasteiger partial charge on any atom is 0.134 e. The zero-order valence-electron chi connectivity index (χ0n) is 17.1. The van der Waals surface area contributed by atoms with Gasteiger partial charge in [-0.2, -0.15) is 0 Å². The van der Waals surface area contributed by atoms with Crippen molar-refractivity contribution in [1.29, 1.82) is 0 Å². The van der Waals surface area contributed by atoms with Gasteiger partial charge in [-0.25, -0.2) is 0 Å². The van der Waals surface area contributed by atoms with E-state index in [0.29, 0.717) is 12.0 Å². The predicted octanol–water partition coefficient (Wildman–Crippen LogP) is 6.05. The maximum atomic E-state index is 6.55. The second kappa shape index (κ2) is 5.69. The Bertz CT molecular complexity index is 1320. The lowest BCUT2D eigenvalue weighted by atomic mass is 9.88. The molecule has 4 aliphatic rings. The molecule has 0 radical (unpaired) electrons. The number of para-hydroxylation sites is 1. The minimum Gasteiger partial charge on any atom is -0.485 e. The standard InChI is InChI=1S/C27H23NO2/c1-15(2)28-21-12-11-18-16-7-3-6-10-24(16)30-27(18)26(21)20-13-19-17-8-4-5-9-23(17)29-25(19)14-22(20)28/h3-13,15-16,24-25H,14H2,1-2H3. The molecule has 0 saturated carbocycles. The SMILES string of the molecule is CC(C)n1c2c(c3c4c(ccc31)C1C=CC=CC1O4)C=C1c3ccccc3OC1C2. The molecule has 0 bridgehead atoms. The topological polar surface area (TPSA) is 23.4 Å². The summed E-state index contributed by atoms with van der Waals surface area (Å²) in [6.45, 7) is 4.53. The summed E-state index contributed by atoms with van der Waals surface area (Å²) in [4.78, 5) is 0. The number of fused-ring (bicyclic) bond motifs is 10. The van der Waals surface area contributed by atoms with Crippen molar-refractivity contribution in [2.24, 2.45) is 0 Å². The number of ether oxygens (including phenoxy) is 2. The minimum atomic E-state index is 0.0964. The number of hydrogen-bond acceptors (Lipinski definition) is 2. The largest absolute Gasteiger partial charge is 0.485 e. The first kappa shape index (κ1) is 16.6. The monoisotopic (exact) mass is 393 g/mol. The highest BCUT2D eigenvalue weighted by Gasteiger charge is 2.39. The van der Waals surface area contributed by atoms with Crippen molar-refractivity contribution in [2.45, 2.75) is 44.4 Å². The van der Waals surface area contributed by atoms with Crippen molar-refractivity contribution < 1.29 is 9.47 Å². The molecule has 7 rings (SSSR count). The Morgan fingerprint density at radius 2 is 1.87 bits per heavy atom. The number of hydrogen-bond donors (Lipinski definition) is 0. The summed E-state index contributed by atoms with van der Waals surface area (Å²) in [6, 6.07) is 13.4. The number of rotatable bonds is 1. The van der Waals surface area contributed by atoms with E-state index in [0.717, 1.165) is 17.9 Å². The van der Waals surface area contributed by atoms with Crippen LogP contribution >= 0.6 is 0 Å². The summed E-state index contributed by atoms with van der Waals surface area (Å²) in [6.07, 6.45) is 12.1. The van der Waals surface area contributed by atoms with Gasteiger partial charge in [0, 0.05) is 51.7 Å². The van der Waals surface area contributed by atoms with Crippen LogP contribution < -0.4 is 9.47 Å². The molecular weight excluding hydrogens is 370 g/mol. The summed E-state index contributed by atoms with van der Waals surface area (Å²) >= 11 is 0. The molecule has 3 heterocycles. The normalized spacial score (nSPS) is 24.6. The average molecular weight is 393 g/mol. The zero-order chi connectivity index (χ0) is 20.0. The smallest absolute Gasteiger partial charge is 0.134 e. The lowest BCUT2D eigenvalue weighted by Crippen LogP contribution is -2.22. The molecule has 2 aromatic carbocycles. The maximum absolute atomic E-state index is 6.55. The highest BCUT2D eigenvalue weighted by molar-refractivity contribution is 6.04. The van der Waals surface area contributed by atoms with E-state index < -0.39 is 0 Å². The number of aromatic nitrogens is 1. The Morgan fingerprint density at radius 1 is 1.00 bits per heavy atom. The summed E-state index contributed by atoms with van der Waals surface area (Å²) in [5.41, 5.74) is 7.78.